The number of nitrogens with one attached hydrogen (secondary N) is 1. The smallest absolute Gasteiger partial charge is 0.287 e. The van der Waals surface area contributed by atoms with Gasteiger partial charge < -0.3 is 11.1 Å². The maximum Gasteiger partial charge on any atom is 0.287 e. The quantitative estimate of drug-likeness (QED) is 0.258. The molecule has 0 aliphatic carbocycles. The molecule has 3 aromatic carbocycles. The van der Waals surface area contributed by atoms with Crippen LogP contribution in [0.3, 0.4) is 0 Å². The maximum absolute atomic E-state index is 13.3. The van der Waals surface area contributed by atoms with Crippen molar-refractivity contribution in [3.63, 3.8) is 0 Å². The second kappa shape index (κ2) is 14.9. The molecule has 0 aromatic heterocycles. The van der Waals surface area contributed by atoms with Crippen molar-refractivity contribution in [1.82, 2.24) is 10.2 Å². The van der Waals surface area contributed by atoms with Crippen LogP contribution in [-0.2, 0) is 22.6 Å². The third-order valence-corrected chi connectivity index (χ3v) is 6.33. The number of rotatable bonds is 12. The number of amides is 2. The first-order valence-electron chi connectivity index (χ1n) is 12.6. The van der Waals surface area contributed by atoms with E-state index in [0.717, 1.165) is 41.9 Å². The predicted octanol–water partition coefficient (Wildman–Crippen LogP) is 4.82. The van der Waals surface area contributed by atoms with Crippen molar-refractivity contribution in [1.29, 1.82) is 0 Å². The molecular weight excluding hydrogens is 498 g/mol. The van der Waals surface area contributed by atoms with Gasteiger partial charge in [-0.2, -0.15) is 0 Å². The van der Waals surface area contributed by atoms with Gasteiger partial charge in [0.2, 0.25) is 5.78 Å². The first-order valence-corrected chi connectivity index (χ1v) is 12.6. The number of carbonyl (C=O) groups is 3. The molecule has 0 fully saturated rings. The summed E-state index contributed by atoms with van der Waals surface area (Å²) in [5, 5.41) is 2.73. The Morgan fingerprint density at radius 2 is 1.55 bits per heavy atom. The lowest BCUT2D eigenvalue weighted by molar-refractivity contribution is -0.137. The summed E-state index contributed by atoms with van der Waals surface area (Å²) >= 11 is 0. The minimum absolute atomic E-state index is 0. The van der Waals surface area contributed by atoms with Gasteiger partial charge in [0.1, 0.15) is 6.04 Å². The molecule has 200 valence electrons. The monoisotopic (exact) mass is 533 g/mol. The highest BCUT2D eigenvalue weighted by molar-refractivity contribution is 6.38. The van der Waals surface area contributed by atoms with E-state index in [2.05, 4.69) is 48.3 Å². The van der Waals surface area contributed by atoms with E-state index in [-0.39, 0.29) is 18.8 Å². The SMILES string of the molecule is CCN(CC)Cc1ccc(C=Cc2cc(C)ccc2C(=O)NC(Cc2ccccc2)C(=O)C(N)=O)cc1.Cl. The zero-order valence-electron chi connectivity index (χ0n) is 22.1. The van der Waals surface area contributed by atoms with Crippen molar-refractivity contribution in [2.24, 2.45) is 5.73 Å². The number of nitrogens with two attached hydrogens (primary N) is 1. The molecule has 0 saturated heterocycles. The Morgan fingerprint density at radius 3 is 2.16 bits per heavy atom. The van der Waals surface area contributed by atoms with Crippen molar-refractivity contribution < 1.29 is 14.4 Å². The Kier molecular flexibility index (Phi) is 11.9. The maximum atomic E-state index is 13.3. The normalized spacial score (nSPS) is 11.7. The molecule has 38 heavy (non-hydrogen) atoms. The molecule has 0 radical (unpaired) electrons. The summed E-state index contributed by atoms with van der Waals surface area (Å²) in [6.45, 7) is 9.19. The fraction of sp³-hybridized carbons (Fsp3) is 0.258. The molecule has 3 rings (SSSR count). The van der Waals surface area contributed by atoms with E-state index in [1.165, 1.54) is 5.56 Å². The summed E-state index contributed by atoms with van der Waals surface area (Å²) in [5.41, 5.74) is 10.5. The Labute approximate surface area is 231 Å². The largest absolute Gasteiger partial charge is 0.363 e. The fourth-order valence-corrected chi connectivity index (χ4v) is 4.12. The number of hydrogen-bond donors (Lipinski definition) is 2. The second-order valence-electron chi connectivity index (χ2n) is 9.07. The van der Waals surface area contributed by atoms with E-state index in [9.17, 15) is 14.4 Å². The molecule has 7 heteroatoms. The minimum atomic E-state index is -1.07. The van der Waals surface area contributed by atoms with Crippen LogP contribution in [0.1, 0.15) is 52.0 Å². The number of hydrogen-bond acceptors (Lipinski definition) is 4. The molecule has 0 aliphatic heterocycles. The number of nitrogens with zero attached hydrogens (tertiary/aromatic N) is 1. The molecule has 0 spiro atoms. The Hall–Kier alpha value is -3.74. The summed E-state index contributed by atoms with van der Waals surface area (Å²) in [5.74, 6) is -2.34. The highest BCUT2D eigenvalue weighted by Crippen LogP contribution is 2.17. The number of Topliss-reactive ketones (excluding diaryl/α,β-unsaturated/α-hetero) is 1. The molecule has 3 N–H and O–H groups in total. The third kappa shape index (κ3) is 8.68. The molecule has 0 bridgehead atoms. The van der Waals surface area contributed by atoms with Crippen LogP contribution in [-0.4, -0.2) is 41.6 Å². The van der Waals surface area contributed by atoms with Crippen molar-refractivity contribution in [3.05, 3.63) is 106 Å². The zero-order chi connectivity index (χ0) is 26.8. The van der Waals surface area contributed by atoms with Crippen molar-refractivity contribution in [3.8, 4) is 0 Å². The minimum Gasteiger partial charge on any atom is -0.363 e. The van der Waals surface area contributed by atoms with Crippen molar-refractivity contribution >= 4 is 42.2 Å². The summed E-state index contributed by atoms with van der Waals surface area (Å²) < 4.78 is 0. The molecular formula is C31H36ClN3O3. The van der Waals surface area contributed by atoms with E-state index in [4.69, 9.17) is 5.73 Å². The van der Waals surface area contributed by atoms with Crippen LogP contribution in [0, 0.1) is 6.92 Å². The number of halogens is 1. The summed E-state index contributed by atoms with van der Waals surface area (Å²) in [6.07, 6.45) is 4.03. The number of aryl methyl sites for hydroxylation is 1. The van der Waals surface area contributed by atoms with E-state index in [1.54, 1.807) is 6.07 Å². The van der Waals surface area contributed by atoms with Gasteiger partial charge in [-0.3, -0.25) is 19.3 Å². The molecule has 3 aromatic rings. The molecule has 0 saturated carbocycles. The first kappa shape index (κ1) is 30.5. The van der Waals surface area contributed by atoms with Gasteiger partial charge in [0.05, 0.1) is 0 Å². The Bertz CT molecular complexity index is 1250. The average Bonchev–Trinajstić information content (AvgIpc) is 2.90. The Morgan fingerprint density at radius 1 is 0.895 bits per heavy atom. The number of carbonyl (C=O) groups excluding carboxylic acids is 3. The fourth-order valence-electron chi connectivity index (χ4n) is 4.12. The molecule has 1 unspecified atom stereocenters. The molecule has 0 heterocycles. The van der Waals surface area contributed by atoms with Gasteiger partial charge in [-0.25, -0.2) is 0 Å². The average molecular weight is 534 g/mol. The molecule has 2 amide bonds. The van der Waals surface area contributed by atoms with Gasteiger partial charge in [0.25, 0.3) is 11.8 Å². The Balaban J connectivity index is 0.00000507. The van der Waals surface area contributed by atoms with Gasteiger partial charge in [0, 0.05) is 18.5 Å². The van der Waals surface area contributed by atoms with E-state index >= 15 is 0 Å². The standard InChI is InChI=1S/C31H35N3O3.ClH/c1-4-34(5-2)21-25-14-12-23(13-15-25)16-17-26-19-22(3)11-18-27(26)31(37)33-28(29(35)30(32)36)20-24-9-7-6-8-10-24;/h6-19,28H,4-5,20-21H2,1-3H3,(H2,32,36)(H,33,37);1H. The summed E-state index contributed by atoms with van der Waals surface area (Å²) in [4.78, 5) is 39.8. The van der Waals surface area contributed by atoms with E-state index < -0.39 is 23.6 Å². The molecule has 1 atom stereocenters. The highest BCUT2D eigenvalue weighted by atomic mass is 35.5. The topological polar surface area (TPSA) is 92.5 Å². The first-order chi connectivity index (χ1) is 17.8. The van der Waals surface area contributed by atoms with Crippen LogP contribution in [0.15, 0.2) is 72.8 Å². The van der Waals surface area contributed by atoms with Crippen LogP contribution < -0.4 is 11.1 Å². The lowest BCUT2D eigenvalue weighted by atomic mass is 9.99. The lowest BCUT2D eigenvalue weighted by Crippen LogP contribution is -2.47. The third-order valence-electron chi connectivity index (χ3n) is 6.33. The number of ketones is 1. The highest BCUT2D eigenvalue weighted by Gasteiger charge is 2.26. The van der Waals surface area contributed by atoms with E-state index in [0.29, 0.717) is 5.56 Å². The number of primary amides is 1. The zero-order valence-corrected chi connectivity index (χ0v) is 23.0. The second-order valence-corrected chi connectivity index (χ2v) is 9.07. The molecule has 6 nitrogen and oxygen atoms in total. The van der Waals surface area contributed by atoms with Crippen LogP contribution >= 0.6 is 12.4 Å². The number of benzene rings is 3. The van der Waals surface area contributed by atoms with Crippen molar-refractivity contribution in [2.75, 3.05) is 13.1 Å². The van der Waals surface area contributed by atoms with Crippen LogP contribution in [0.25, 0.3) is 12.2 Å². The van der Waals surface area contributed by atoms with Crippen LogP contribution in [0.4, 0.5) is 0 Å². The predicted molar refractivity (Wildman–Crippen MR) is 156 cm³/mol. The molecule has 0 aliphatic rings. The van der Waals surface area contributed by atoms with Crippen LogP contribution in [0.5, 0.6) is 0 Å². The lowest BCUT2D eigenvalue weighted by Gasteiger charge is -2.18. The van der Waals surface area contributed by atoms with Gasteiger partial charge in [0.15, 0.2) is 0 Å². The van der Waals surface area contributed by atoms with E-state index in [1.807, 2.05) is 61.5 Å². The van der Waals surface area contributed by atoms with Gasteiger partial charge in [-0.05, 0) is 48.3 Å². The summed E-state index contributed by atoms with van der Waals surface area (Å²) in [7, 11) is 0. The van der Waals surface area contributed by atoms with Gasteiger partial charge in [-0.15, -0.1) is 12.4 Å². The summed E-state index contributed by atoms with van der Waals surface area (Å²) in [6, 6.07) is 22.0. The van der Waals surface area contributed by atoms with Gasteiger partial charge >= 0.3 is 0 Å². The van der Waals surface area contributed by atoms with Gasteiger partial charge in [-0.1, -0.05) is 98.3 Å². The van der Waals surface area contributed by atoms with Crippen LogP contribution in [0.2, 0.25) is 0 Å². The van der Waals surface area contributed by atoms with Crippen molar-refractivity contribution in [2.45, 2.75) is 39.8 Å².